The van der Waals surface area contributed by atoms with Crippen LogP contribution in [-0.4, -0.2) is 29.9 Å². The van der Waals surface area contributed by atoms with Crippen molar-refractivity contribution in [3.8, 4) is 0 Å². The minimum Gasteiger partial charge on any atom is -0.387 e. The lowest BCUT2D eigenvalue weighted by Gasteiger charge is -2.19. The summed E-state index contributed by atoms with van der Waals surface area (Å²) in [5.41, 5.74) is 5.28. The maximum Gasteiger partial charge on any atom is 0.105 e. The third kappa shape index (κ3) is 1.70. The summed E-state index contributed by atoms with van der Waals surface area (Å²) in [6.45, 7) is 3.96. The molecule has 0 aliphatic carbocycles. The SMILES string of the molecule is CC1CCCN1CC(=N)N. The molecule has 3 N–H and O–H groups in total. The first-order valence-corrected chi connectivity index (χ1v) is 3.77. The molecule has 1 unspecified atom stereocenters. The van der Waals surface area contributed by atoms with Crippen molar-refractivity contribution in [2.75, 3.05) is 13.1 Å². The van der Waals surface area contributed by atoms with E-state index in [1.807, 2.05) is 0 Å². The van der Waals surface area contributed by atoms with Crippen molar-refractivity contribution in [3.05, 3.63) is 0 Å². The highest BCUT2D eigenvalue weighted by molar-refractivity contribution is 5.79. The molecule has 1 rings (SSSR count). The molecule has 0 bridgehead atoms. The molecule has 1 atom stereocenters. The van der Waals surface area contributed by atoms with Crippen molar-refractivity contribution in [2.24, 2.45) is 5.73 Å². The Morgan fingerprint density at radius 1 is 1.80 bits per heavy atom. The standard InChI is InChI=1S/C7H15N3/c1-6-3-2-4-10(6)5-7(8)9/h6H,2-5H2,1H3,(H3,8,9). The summed E-state index contributed by atoms with van der Waals surface area (Å²) in [5, 5.41) is 7.09. The van der Waals surface area contributed by atoms with Gasteiger partial charge in [0, 0.05) is 6.04 Å². The Morgan fingerprint density at radius 3 is 2.90 bits per heavy atom. The number of nitrogens with zero attached hydrogens (tertiary/aromatic N) is 1. The van der Waals surface area contributed by atoms with Crippen LogP contribution in [0.2, 0.25) is 0 Å². The van der Waals surface area contributed by atoms with Crippen molar-refractivity contribution in [2.45, 2.75) is 25.8 Å². The van der Waals surface area contributed by atoms with E-state index in [1.165, 1.54) is 12.8 Å². The molecular weight excluding hydrogens is 126 g/mol. The van der Waals surface area contributed by atoms with Crippen LogP contribution in [0.1, 0.15) is 19.8 Å². The molecular formula is C7H15N3. The zero-order valence-electron chi connectivity index (χ0n) is 6.43. The van der Waals surface area contributed by atoms with Gasteiger partial charge < -0.3 is 5.73 Å². The van der Waals surface area contributed by atoms with Crippen LogP contribution in [-0.2, 0) is 0 Å². The van der Waals surface area contributed by atoms with Gasteiger partial charge in [0.05, 0.1) is 6.54 Å². The zero-order chi connectivity index (χ0) is 7.56. The monoisotopic (exact) mass is 141 g/mol. The van der Waals surface area contributed by atoms with Gasteiger partial charge in [-0.15, -0.1) is 0 Å². The molecule has 0 aromatic heterocycles. The number of hydrogen-bond acceptors (Lipinski definition) is 2. The number of nitrogens with two attached hydrogens (primary N) is 1. The lowest BCUT2D eigenvalue weighted by molar-refractivity contribution is 0.306. The molecule has 1 fully saturated rings. The maximum absolute atomic E-state index is 7.09. The molecule has 1 aliphatic heterocycles. The van der Waals surface area contributed by atoms with E-state index < -0.39 is 0 Å². The van der Waals surface area contributed by atoms with Crippen molar-refractivity contribution < 1.29 is 0 Å². The lowest BCUT2D eigenvalue weighted by atomic mass is 10.2. The van der Waals surface area contributed by atoms with Crippen molar-refractivity contribution >= 4 is 5.84 Å². The van der Waals surface area contributed by atoms with Gasteiger partial charge in [-0.1, -0.05) is 0 Å². The fourth-order valence-electron chi connectivity index (χ4n) is 1.45. The molecule has 3 heteroatoms. The number of rotatable bonds is 2. The highest BCUT2D eigenvalue weighted by Crippen LogP contribution is 2.14. The third-order valence-electron chi connectivity index (χ3n) is 2.06. The Kier molecular flexibility index (Phi) is 2.27. The predicted molar refractivity (Wildman–Crippen MR) is 42.2 cm³/mol. The minimum absolute atomic E-state index is 0.286. The highest BCUT2D eigenvalue weighted by atomic mass is 15.2. The second kappa shape index (κ2) is 3.01. The molecule has 0 spiro atoms. The second-order valence-electron chi connectivity index (χ2n) is 2.99. The largest absolute Gasteiger partial charge is 0.387 e. The van der Waals surface area contributed by atoms with Gasteiger partial charge in [-0.25, -0.2) is 0 Å². The van der Waals surface area contributed by atoms with E-state index in [9.17, 15) is 0 Å². The Hall–Kier alpha value is -0.570. The van der Waals surface area contributed by atoms with Crippen LogP contribution in [0.5, 0.6) is 0 Å². The molecule has 1 aliphatic rings. The normalized spacial score (nSPS) is 27.1. The van der Waals surface area contributed by atoms with Crippen LogP contribution in [0.25, 0.3) is 0 Å². The molecule has 0 radical (unpaired) electrons. The average Bonchev–Trinajstić information content (AvgIpc) is 2.15. The first-order valence-electron chi connectivity index (χ1n) is 3.77. The summed E-state index contributed by atoms with van der Waals surface area (Å²) in [4.78, 5) is 2.25. The van der Waals surface area contributed by atoms with Crippen LogP contribution in [0.4, 0.5) is 0 Å². The summed E-state index contributed by atoms with van der Waals surface area (Å²) >= 11 is 0. The first-order chi connectivity index (χ1) is 4.70. The molecule has 3 nitrogen and oxygen atoms in total. The van der Waals surface area contributed by atoms with Crippen molar-refractivity contribution in [1.29, 1.82) is 5.41 Å². The number of hydrogen-bond donors (Lipinski definition) is 2. The fourth-order valence-corrected chi connectivity index (χ4v) is 1.45. The molecule has 0 aromatic rings. The topological polar surface area (TPSA) is 53.1 Å². The van der Waals surface area contributed by atoms with Gasteiger partial charge in [0.25, 0.3) is 0 Å². The Morgan fingerprint density at radius 2 is 2.50 bits per heavy atom. The molecule has 0 saturated carbocycles. The van der Waals surface area contributed by atoms with Crippen LogP contribution in [0.15, 0.2) is 0 Å². The van der Waals surface area contributed by atoms with Crippen molar-refractivity contribution in [1.82, 2.24) is 4.90 Å². The van der Waals surface area contributed by atoms with E-state index in [4.69, 9.17) is 11.1 Å². The molecule has 1 heterocycles. The van der Waals surface area contributed by atoms with Crippen LogP contribution >= 0.6 is 0 Å². The number of nitrogens with one attached hydrogen (secondary N) is 1. The summed E-state index contributed by atoms with van der Waals surface area (Å²) in [7, 11) is 0. The van der Waals surface area contributed by atoms with Crippen LogP contribution in [0, 0.1) is 5.41 Å². The van der Waals surface area contributed by atoms with Gasteiger partial charge in [0.15, 0.2) is 0 Å². The van der Waals surface area contributed by atoms with E-state index in [0.717, 1.165) is 6.54 Å². The average molecular weight is 141 g/mol. The van der Waals surface area contributed by atoms with Gasteiger partial charge in [-0.05, 0) is 26.3 Å². The van der Waals surface area contributed by atoms with E-state index in [-0.39, 0.29) is 5.84 Å². The Balaban J connectivity index is 2.33. The van der Waals surface area contributed by atoms with Crippen LogP contribution in [0.3, 0.4) is 0 Å². The lowest BCUT2D eigenvalue weighted by Crippen LogP contribution is -2.35. The molecule has 1 saturated heterocycles. The van der Waals surface area contributed by atoms with E-state index in [1.54, 1.807) is 0 Å². The smallest absolute Gasteiger partial charge is 0.105 e. The third-order valence-corrected chi connectivity index (χ3v) is 2.06. The van der Waals surface area contributed by atoms with Gasteiger partial charge >= 0.3 is 0 Å². The first kappa shape index (κ1) is 7.54. The van der Waals surface area contributed by atoms with E-state index in [0.29, 0.717) is 12.6 Å². The summed E-state index contributed by atoms with van der Waals surface area (Å²) in [5.74, 6) is 0.286. The molecule has 0 amide bonds. The van der Waals surface area contributed by atoms with Gasteiger partial charge in [0.1, 0.15) is 5.84 Å². The molecule has 10 heavy (non-hydrogen) atoms. The zero-order valence-corrected chi connectivity index (χ0v) is 6.43. The van der Waals surface area contributed by atoms with Gasteiger partial charge in [-0.3, -0.25) is 10.3 Å². The van der Waals surface area contributed by atoms with Gasteiger partial charge in [0.2, 0.25) is 0 Å². The summed E-state index contributed by atoms with van der Waals surface area (Å²) in [6.07, 6.45) is 2.52. The number of amidine groups is 1. The van der Waals surface area contributed by atoms with E-state index >= 15 is 0 Å². The Labute approximate surface area is 61.7 Å². The minimum atomic E-state index is 0.286. The Bertz CT molecular complexity index is 133. The maximum atomic E-state index is 7.09. The molecule has 0 aromatic carbocycles. The van der Waals surface area contributed by atoms with E-state index in [2.05, 4.69) is 11.8 Å². The summed E-state index contributed by atoms with van der Waals surface area (Å²) in [6, 6.07) is 0.629. The van der Waals surface area contributed by atoms with Crippen molar-refractivity contribution in [3.63, 3.8) is 0 Å². The number of likely N-dealkylation sites (tertiary alicyclic amines) is 1. The van der Waals surface area contributed by atoms with Crippen LogP contribution < -0.4 is 5.73 Å². The quantitative estimate of drug-likeness (QED) is 0.432. The summed E-state index contributed by atoms with van der Waals surface area (Å²) < 4.78 is 0. The fraction of sp³-hybridized carbons (Fsp3) is 0.857. The molecule has 58 valence electrons. The highest BCUT2D eigenvalue weighted by Gasteiger charge is 2.19. The predicted octanol–water partition coefficient (Wildman–Crippen LogP) is 0.407. The second-order valence-corrected chi connectivity index (χ2v) is 2.99. The van der Waals surface area contributed by atoms with Gasteiger partial charge in [-0.2, -0.15) is 0 Å².